The number of rotatable bonds is 6. The Kier molecular flexibility index (Phi) is 5.47. The van der Waals surface area contributed by atoms with Gasteiger partial charge in [0.15, 0.2) is 6.61 Å². The molecule has 1 aliphatic rings. The van der Waals surface area contributed by atoms with Crippen molar-refractivity contribution >= 4 is 11.6 Å². The minimum Gasteiger partial charge on any atom is -0.484 e. The molecule has 1 aliphatic heterocycles. The topological polar surface area (TPSA) is 55.0 Å². The van der Waals surface area contributed by atoms with Crippen molar-refractivity contribution in [3.63, 3.8) is 0 Å². The molecule has 148 valence electrons. The van der Waals surface area contributed by atoms with Crippen molar-refractivity contribution < 1.29 is 13.9 Å². The van der Waals surface area contributed by atoms with Gasteiger partial charge in [0.2, 0.25) is 0 Å². The first-order valence-electron chi connectivity index (χ1n) is 9.85. The zero-order valence-corrected chi connectivity index (χ0v) is 16.7. The highest BCUT2D eigenvalue weighted by Crippen LogP contribution is 2.33. The van der Waals surface area contributed by atoms with Crippen LogP contribution in [0.15, 0.2) is 76.4 Å². The molecule has 0 saturated carbocycles. The van der Waals surface area contributed by atoms with Crippen LogP contribution in [0, 0.1) is 6.92 Å². The average Bonchev–Trinajstić information content (AvgIpc) is 3.42. The zero-order chi connectivity index (χ0) is 20.2. The number of carbonyl (C=O) groups is 1. The quantitative estimate of drug-likeness (QED) is 0.603. The Hall–Kier alpha value is -3.34. The monoisotopic (exact) mass is 388 g/mol. The van der Waals surface area contributed by atoms with E-state index >= 15 is 0 Å². The van der Waals surface area contributed by atoms with Crippen LogP contribution in [0.3, 0.4) is 0 Å². The number of hydrazone groups is 1. The van der Waals surface area contributed by atoms with Gasteiger partial charge in [0.25, 0.3) is 5.91 Å². The van der Waals surface area contributed by atoms with Gasteiger partial charge in [-0.3, -0.25) is 4.79 Å². The molecule has 0 bridgehead atoms. The lowest BCUT2D eigenvalue weighted by atomic mass is 10.0. The van der Waals surface area contributed by atoms with Crippen LogP contribution in [0.25, 0.3) is 0 Å². The SMILES string of the molecule is CCc1cccc(OCC(=O)N2N=C(c3ccc(C)cc3)C[C@H]2c2ccco2)c1. The number of hydrogen-bond donors (Lipinski definition) is 0. The van der Waals surface area contributed by atoms with Crippen molar-refractivity contribution in [2.75, 3.05) is 6.61 Å². The van der Waals surface area contributed by atoms with Crippen LogP contribution in [0.5, 0.6) is 5.75 Å². The predicted molar refractivity (Wildman–Crippen MR) is 112 cm³/mol. The Morgan fingerprint density at radius 3 is 2.72 bits per heavy atom. The molecule has 2 aromatic carbocycles. The fourth-order valence-electron chi connectivity index (χ4n) is 3.43. The van der Waals surface area contributed by atoms with Gasteiger partial charge >= 0.3 is 0 Å². The van der Waals surface area contributed by atoms with Crippen molar-refractivity contribution in [3.8, 4) is 5.75 Å². The Balaban J connectivity index is 1.54. The van der Waals surface area contributed by atoms with E-state index in [1.807, 2.05) is 67.6 Å². The van der Waals surface area contributed by atoms with E-state index in [0.29, 0.717) is 12.2 Å². The van der Waals surface area contributed by atoms with Gasteiger partial charge in [0.05, 0.1) is 12.0 Å². The zero-order valence-electron chi connectivity index (χ0n) is 16.7. The summed E-state index contributed by atoms with van der Waals surface area (Å²) in [5, 5.41) is 6.13. The van der Waals surface area contributed by atoms with Gasteiger partial charge in [-0.1, -0.05) is 48.9 Å². The second-order valence-corrected chi connectivity index (χ2v) is 7.18. The van der Waals surface area contributed by atoms with Crippen LogP contribution < -0.4 is 4.74 Å². The minimum atomic E-state index is -0.264. The summed E-state index contributed by atoms with van der Waals surface area (Å²) < 4.78 is 11.3. The summed E-state index contributed by atoms with van der Waals surface area (Å²) in [6.45, 7) is 4.06. The Labute approximate surface area is 170 Å². The van der Waals surface area contributed by atoms with Crippen molar-refractivity contribution in [2.24, 2.45) is 5.10 Å². The van der Waals surface area contributed by atoms with Crippen LogP contribution in [0.4, 0.5) is 0 Å². The third-order valence-corrected chi connectivity index (χ3v) is 5.09. The molecular weight excluding hydrogens is 364 g/mol. The Morgan fingerprint density at radius 2 is 2.00 bits per heavy atom. The molecule has 0 radical (unpaired) electrons. The summed E-state index contributed by atoms with van der Waals surface area (Å²) in [5.41, 5.74) is 4.24. The second kappa shape index (κ2) is 8.35. The molecule has 5 nitrogen and oxygen atoms in total. The van der Waals surface area contributed by atoms with Crippen LogP contribution in [0.1, 0.15) is 41.8 Å². The van der Waals surface area contributed by atoms with Crippen LogP contribution in [-0.4, -0.2) is 23.2 Å². The first kappa shape index (κ1) is 19.0. The first-order valence-corrected chi connectivity index (χ1v) is 9.85. The van der Waals surface area contributed by atoms with E-state index < -0.39 is 0 Å². The molecule has 0 unspecified atom stereocenters. The average molecular weight is 388 g/mol. The molecule has 0 spiro atoms. The Bertz CT molecular complexity index is 1010. The number of carbonyl (C=O) groups excluding carboxylic acids is 1. The summed E-state index contributed by atoms with van der Waals surface area (Å²) in [5.74, 6) is 1.21. The molecule has 0 aliphatic carbocycles. The molecule has 2 heterocycles. The molecule has 0 saturated heterocycles. The lowest BCUT2D eigenvalue weighted by Crippen LogP contribution is -2.31. The van der Waals surface area contributed by atoms with Crippen molar-refractivity contribution in [1.82, 2.24) is 5.01 Å². The number of ether oxygens (including phenoxy) is 1. The van der Waals surface area contributed by atoms with E-state index in [-0.39, 0.29) is 18.6 Å². The molecule has 29 heavy (non-hydrogen) atoms. The summed E-state index contributed by atoms with van der Waals surface area (Å²) in [4.78, 5) is 13.0. The highest BCUT2D eigenvalue weighted by Gasteiger charge is 2.35. The summed E-state index contributed by atoms with van der Waals surface area (Å²) >= 11 is 0. The van der Waals surface area contributed by atoms with E-state index in [9.17, 15) is 4.79 Å². The standard InChI is InChI=1S/C24H24N2O3/c1-3-18-6-4-7-20(14-18)29-16-24(27)26-22(23-8-5-13-28-23)15-21(25-26)19-11-9-17(2)10-12-19/h4-14,22H,3,15-16H2,1-2H3/t22-/m0/s1. The van der Waals surface area contributed by atoms with Crippen molar-refractivity contribution in [2.45, 2.75) is 32.7 Å². The second-order valence-electron chi connectivity index (χ2n) is 7.18. The Morgan fingerprint density at radius 1 is 1.17 bits per heavy atom. The van der Waals surface area contributed by atoms with E-state index in [0.717, 1.165) is 23.5 Å². The number of benzene rings is 2. The van der Waals surface area contributed by atoms with Crippen molar-refractivity contribution in [1.29, 1.82) is 0 Å². The van der Waals surface area contributed by atoms with E-state index in [1.54, 1.807) is 6.26 Å². The van der Waals surface area contributed by atoms with E-state index in [4.69, 9.17) is 9.15 Å². The maximum atomic E-state index is 13.0. The van der Waals surface area contributed by atoms with Crippen LogP contribution >= 0.6 is 0 Å². The van der Waals surface area contributed by atoms with Gasteiger partial charge in [-0.2, -0.15) is 5.10 Å². The molecule has 1 amide bonds. The number of furan rings is 1. The summed E-state index contributed by atoms with van der Waals surface area (Å²) in [6, 6.07) is 19.4. The third kappa shape index (κ3) is 4.24. The largest absolute Gasteiger partial charge is 0.484 e. The maximum absolute atomic E-state index is 13.0. The fraction of sp³-hybridized carbons (Fsp3) is 0.250. The molecular formula is C24H24N2O3. The van der Waals surface area contributed by atoms with Gasteiger partial charge < -0.3 is 9.15 Å². The van der Waals surface area contributed by atoms with Gasteiger partial charge in [-0.05, 0) is 48.7 Å². The van der Waals surface area contributed by atoms with Gasteiger partial charge in [-0.25, -0.2) is 5.01 Å². The van der Waals surface area contributed by atoms with Crippen LogP contribution in [-0.2, 0) is 11.2 Å². The van der Waals surface area contributed by atoms with Crippen molar-refractivity contribution in [3.05, 3.63) is 89.4 Å². The van der Waals surface area contributed by atoms with Gasteiger partial charge in [0, 0.05) is 6.42 Å². The maximum Gasteiger partial charge on any atom is 0.281 e. The lowest BCUT2D eigenvalue weighted by Gasteiger charge is -2.20. The minimum absolute atomic E-state index is 0.0744. The molecule has 5 heteroatoms. The number of hydrogen-bond acceptors (Lipinski definition) is 4. The number of amides is 1. The van der Waals surface area contributed by atoms with Gasteiger partial charge in [-0.15, -0.1) is 0 Å². The first-order chi connectivity index (χ1) is 14.1. The van der Waals surface area contributed by atoms with E-state index in [1.165, 1.54) is 16.1 Å². The van der Waals surface area contributed by atoms with E-state index in [2.05, 4.69) is 12.0 Å². The summed E-state index contributed by atoms with van der Waals surface area (Å²) in [6.07, 6.45) is 3.14. The smallest absolute Gasteiger partial charge is 0.281 e. The van der Waals surface area contributed by atoms with Crippen LogP contribution in [0.2, 0.25) is 0 Å². The van der Waals surface area contributed by atoms with Gasteiger partial charge in [0.1, 0.15) is 17.6 Å². The molecule has 1 aromatic heterocycles. The number of aryl methyl sites for hydroxylation is 2. The number of nitrogens with zero attached hydrogens (tertiary/aromatic N) is 2. The highest BCUT2D eigenvalue weighted by atomic mass is 16.5. The molecule has 4 rings (SSSR count). The normalized spacial score (nSPS) is 16.0. The molecule has 0 N–H and O–H groups in total. The third-order valence-electron chi connectivity index (χ3n) is 5.09. The molecule has 0 fully saturated rings. The fourth-order valence-corrected chi connectivity index (χ4v) is 3.43. The molecule has 1 atom stereocenters. The predicted octanol–water partition coefficient (Wildman–Crippen LogP) is 4.91. The highest BCUT2D eigenvalue weighted by molar-refractivity contribution is 6.03. The lowest BCUT2D eigenvalue weighted by molar-refractivity contribution is -0.135. The molecule has 3 aromatic rings. The summed E-state index contributed by atoms with van der Waals surface area (Å²) in [7, 11) is 0.